The predicted octanol–water partition coefficient (Wildman–Crippen LogP) is 3.36. The second-order valence-corrected chi connectivity index (χ2v) is 5.37. The SMILES string of the molecule is Cl.NC1CC1c1ccc(-c2ccc(O)cc2)s1. The van der Waals surface area contributed by atoms with Gasteiger partial charge in [-0.1, -0.05) is 0 Å². The number of rotatable bonds is 2. The van der Waals surface area contributed by atoms with E-state index in [-0.39, 0.29) is 12.4 Å². The van der Waals surface area contributed by atoms with Crippen molar-refractivity contribution >= 4 is 23.7 Å². The summed E-state index contributed by atoms with van der Waals surface area (Å²) < 4.78 is 0. The molecule has 17 heavy (non-hydrogen) atoms. The summed E-state index contributed by atoms with van der Waals surface area (Å²) in [6, 6.07) is 12.0. The average molecular weight is 268 g/mol. The highest BCUT2D eigenvalue weighted by atomic mass is 35.5. The van der Waals surface area contributed by atoms with Gasteiger partial charge in [-0.05, 0) is 48.4 Å². The molecule has 0 saturated heterocycles. The van der Waals surface area contributed by atoms with Crippen LogP contribution in [0.15, 0.2) is 36.4 Å². The lowest BCUT2D eigenvalue weighted by Crippen LogP contribution is -1.99. The van der Waals surface area contributed by atoms with E-state index in [2.05, 4.69) is 12.1 Å². The molecule has 0 amide bonds. The average Bonchev–Trinajstić information content (AvgIpc) is 2.82. The first-order valence-electron chi connectivity index (χ1n) is 5.39. The Morgan fingerprint density at radius 1 is 1.12 bits per heavy atom. The molecule has 2 aromatic rings. The standard InChI is InChI=1S/C13H13NOS.ClH/c14-11-7-10(11)13-6-5-12(16-13)8-1-3-9(15)4-2-8;/h1-6,10-11,15H,7,14H2;1H. The van der Waals surface area contributed by atoms with Crippen molar-refractivity contribution in [1.29, 1.82) is 0 Å². The van der Waals surface area contributed by atoms with Crippen LogP contribution in [0.4, 0.5) is 0 Å². The van der Waals surface area contributed by atoms with E-state index in [1.807, 2.05) is 12.1 Å². The Balaban J connectivity index is 0.00000108. The van der Waals surface area contributed by atoms with E-state index in [9.17, 15) is 5.11 Å². The van der Waals surface area contributed by atoms with E-state index in [0.717, 1.165) is 12.0 Å². The van der Waals surface area contributed by atoms with Gasteiger partial charge >= 0.3 is 0 Å². The van der Waals surface area contributed by atoms with Crippen molar-refractivity contribution in [2.24, 2.45) is 5.73 Å². The second-order valence-electron chi connectivity index (χ2n) is 4.25. The predicted molar refractivity (Wildman–Crippen MR) is 74.0 cm³/mol. The van der Waals surface area contributed by atoms with Gasteiger partial charge in [0.05, 0.1) is 0 Å². The molecule has 1 aliphatic carbocycles. The summed E-state index contributed by atoms with van der Waals surface area (Å²) in [7, 11) is 0. The van der Waals surface area contributed by atoms with Gasteiger partial charge in [0.2, 0.25) is 0 Å². The summed E-state index contributed by atoms with van der Waals surface area (Å²) in [5, 5.41) is 9.23. The van der Waals surface area contributed by atoms with Crippen molar-refractivity contribution in [3.8, 4) is 16.2 Å². The van der Waals surface area contributed by atoms with E-state index < -0.39 is 0 Å². The molecule has 0 aliphatic heterocycles. The molecular weight excluding hydrogens is 254 g/mol. The van der Waals surface area contributed by atoms with Crippen LogP contribution in [0, 0.1) is 0 Å². The lowest BCUT2D eigenvalue weighted by molar-refractivity contribution is 0.475. The lowest BCUT2D eigenvalue weighted by Gasteiger charge is -1.97. The summed E-state index contributed by atoms with van der Waals surface area (Å²) in [5.74, 6) is 0.889. The molecule has 0 bridgehead atoms. The largest absolute Gasteiger partial charge is 0.508 e. The third kappa shape index (κ3) is 2.46. The van der Waals surface area contributed by atoms with E-state index in [0.29, 0.717) is 17.7 Å². The Kier molecular flexibility index (Phi) is 3.43. The van der Waals surface area contributed by atoms with Gasteiger partial charge < -0.3 is 10.8 Å². The molecule has 1 heterocycles. The van der Waals surface area contributed by atoms with E-state index in [1.165, 1.54) is 9.75 Å². The van der Waals surface area contributed by atoms with Crippen molar-refractivity contribution in [2.75, 3.05) is 0 Å². The highest BCUT2D eigenvalue weighted by molar-refractivity contribution is 7.15. The molecule has 1 aliphatic rings. The normalized spacial score (nSPS) is 21.9. The zero-order valence-electron chi connectivity index (χ0n) is 9.17. The molecule has 0 spiro atoms. The summed E-state index contributed by atoms with van der Waals surface area (Å²) in [6.45, 7) is 0. The molecule has 2 nitrogen and oxygen atoms in total. The number of hydrogen-bond donors (Lipinski definition) is 2. The van der Waals surface area contributed by atoms with Crippen LogP contribution in [0.5, 0.6) is 5.75 Å². The monoisotopic (exact) mass is 267 g/mol. The number of benzene rings is 1. The number of phenols is 1. The zero-order chi connectivity index (χ0) is 11.1. The highest BCUT2D eigenvalue weighted by Gasteiger charge is 2.35. The first-order valence-corrected chi connectivity index (χ1v) is 6.20. The maximum Gasteiger partial charge on any atom is 0.115 e. The van der Waals surface area contributed by atoms with Crippen LogP contribution in [0.25, 0.3) is 10.4 Å². The number of thiophene rings is 1. The van der Waals surface area contributed by atoms with E-state index in [4.69, 9.17) is 5.73 Å². The first kappa shape index (κ1) is 12.4. The molecule has 0 radical (unpaired) electrons. The van der Waals surface area contributed by atoms with Crippen molar-refractivity contribution in [3.63, 3.8) is 0 Å². The highest BCUT2D eigenvalue weighted by Crippen LogP contribution is 2.44. The van der Waals surface area contributed by atoms with Gasteiger partial charge in [0.25, 0.3) is 0 Å². The molecule has 1 saturated carbocycles. The van der Waals surface area contributed by atoms with Crippen molar-refractivity contribution < 1.29 is 5.11 Å². The Morgan fingerprint density at radius 3 is 2.35 bits per heavy atom. The van der Waals surface area contributed by atoms with E-state index >= 15 is 0 Å². The smallest absolute Gasteiger partial charge is 0.115 e. The molecule has 2 unspecified atom stereocenters. The molecule has 3 N–H and O–H groups in total. The van der Waals surface area contributed by atoms with Crippen molar-refractivity contribution in [3.05, 3.63) is 41.3 Å². The lowest BCUT2D eigenvalue weighted by atomic mass is 10.2. The molecule has 90 valence electrons. The molecule has 1 aromatic carbocycles. The van der Waals surface area contributed by atoms with Gasteiger partial charge in [0, 0.05) is 21.7 Å². The van der Waals surface area contributed by atoms with Crippen molar-refractivity contribution in [2.45, 2.75) is 18.4 Å². The zero-order valence-corrected chi connectivity index (χ0v) is 10.8. The molecule has 3 rings (SSSR count). The topological polar surface area (TPSA) is 46.2 Å². The van der Waals surface area contributed by atoms with Gasteiger partial charge in [-0.25, -0.2) is 0 Å². The molecule has 2 atom stereocenters. The fourth-order valence-electron chi connectivity index (χ4n) is 1.87. The summed E-state index contributed by atoms with van der Waals surface area (Å²) in [5.41, 5.74) is 7.00. The van der Waals surface area contributed by atoms with Gasteiger partial charge in [0.1, 0.15) is 5.75 Å². The fourth-order valence-corrected chi connectivity index (χ4v) is 3.08. The maximum absolute atomic E-state index is 9.23. The minimum Gasteiger partial charge on any atom is -0.508 e. The molecule has 4 heteroatoms. The minimum absolute atomic E-state index is 0. The number of halogens is 1. The third-order valence-corrected chi connectivity index (χ3v) is 4.25. The summed E-state index contributed by atoms with van der Waals surface area (Å²) in [6.07, 6.45) is 1.12. The number of hydrogen-bond acceptors (Lipinski definition) is 3. The summed E-state index contributed by atoms with van der Waals surface area (Å²) >= 11 is 1.80. The second kappa shape index (κ2) is 4.69. The van der Waals surface area contributed by atoms with Crippen LogP contribution in [0.1, 0.15) is 17.2 Å². The third-order valence-electron chi connectivity index (χ3n) is 2.98. The molecule has 1 fully saturated rings. The quantitative estimate of drug-likeness (QED) is 0.876. The van der Waals surface area contributed by atoms with Crippen LogP contribution in [-0.4, -0.2) is 11.1 Å². The Labute approximate surface area is 111 Å². The van der Waals surface area contributed by atoms with Crippen LogP contribution in [0.3, 0.4) is 0 Å². The molecular formula is C13H14ClNOS. The molecule has 1 aromatic heterocycles. The van der Waals surface area contributed by atoms with Gasteiger partial charge in [-0.15, -0.1) is 23.7 Å². The first-order chi connectivity index (χ1) is 7.74. The minimum atomic E-state index is 0. The van der Waals surface area contributed by atoms with E-state index in [1.54, 1.807) is 23.5 Å². The van der Waals surface area contributed by atoms with Crippen LogP contribution >= 0.6 is 23.7 Å². The fraction of sp³-hybridized carbons (Fsp3) is 0.231. The number of nitrogens with two attached hydrogens (primary N) is 1. The van der Waals surface area contributed by atoms with Crippen LogP contribution in [0.2, 0.25) is 0 Å². The Hall–Kier alpha value is -1.03. The Morgan fingerprint density at radius 2 is 1.76 bits per heavy atom. The van der Waals surface area contributed by atoms with Gasteiger partial charge in [-0.2, -0.15) is 0 Å². The summed E-state index contributed by atoms with van der Waals surface area (Å²) in [4.78, 5) is 2.63. The maximum atomic E-state index is 9.23. The Bertz CT molecular complexity index is 508. The number of phenolic OH excluding ortho intramolecular Hbond substituents is 1. The van der Waals surface area contributed by atoms with Gasteiger partial charge in [0.15, 0.2) is 0 Å². The van der Waals surface area contributed by atoms with Crippen molar-refractivity contribution in [1.82, 2.24) is 0 Å². The van der Waals surface area contributed by atoms with Crippen LogP contribution in [-0.2, 0) is 0 Å². The number of aromatic hydroxyl groups is 1. The van der Waals surface area contributed by atoms with Gasteiger partial charge in [-0.3, -0.25) is 0 Å². The van der Waals surface area contributed by atoms with Crippen LogP contribution < -0.4 is 5.73 Å².